The van der Waals surface area contributed by atoms with Gasteiger partial charge in [-0.25, -0.2) is 4.39 Å². The topological polar surface area (TPSA) is 79.2 Å². The van der Waals surface area contributed by atoms with Crippen molar-refractivity contribution in [3.8, 4) is 17.2 Å². The van der Waals surface area contributed by atoms with Crippen LogP contribution in [0.3, 0.4) is 0 Å². The molecule has 0 N–H and O–H groups in total. The normalized spacial score (nSPS) is 18.8. The fourth-order valence-corrected chi connectivity index (χ4v) is 5.22. The molecule has 2 atom stereocenters. The lowest BCUT2D eigenvalue weighted by atomic mass is 9.97. The molecule has 2 aliphatic rings. The van der Waals surface area contributed by atoms with Gasteiger partial charge in [0.25, 0.3) is 0 Å². The molecule has 3 aromatic rings. The number of rotatable bonds is 6. The minimum atomic E-state index is -0.829. The minimum Gasteiger partial charge on any atom is -0.493 e. The number of esters is 1. The van der Waals surface area contributed by atoms with E-state index in [1.807, 2.05) is 6.07 Å². The van der Waals surface area contributed by atoms with Crippen molar-refractivity contribution < 1.29 is 32.9 Å². The Morgan fingerprint density at radius 3 is 2.57 bits per heavy atom. The monoisotopic (exact) mass is 528 g/mol. The molecule has 2 aliphatic heterocycles. The number of fused-ring (bicyclic) bond motifs is 3. The summed E-state index contributed by atoms with van der Waals surface area (Å²) in [7, 11) is 4.38. The molecule has 1 amide bonds. The summed E-state index contributed by atoms with van der Waals surface area (Å²) in [5, 5.41) is 0.212. The van der Waals surface area contributed by atoms with E-state index in [1.54, 1.807) is 46.0 Å². The largest absolute Gasteiger partial charge is 0.493 e. The van der Waals surface area contributed by atoms with Crippen LogP contribution in [0.25, 0.3) is 5.69 Å². The summed E-state index contributed by atoms with van der Waals surface area (Å²) in [6, 6.07) is 11.8. The molecule has 0 unspecified atom stereocenters. The third-order valence-electron chi connectivity index (χ3n) is 6.84. The molecule has 0 aliphatic carbocycles. The third-order valence-corrected chi connectivity index (χ3v) is 7.05. The maximum Gasteiger partial charge on any atom is 0.312 e. The third kappa shape index (κ3) is 4.42. The Bertz CT molecular complexity index is 1350. The van der Waals surface area contributed by atoms with Gasteiger partial charge in [-0.1, -0.05) is 23.7 Å². The second kappa shape index (κ2) is 10.1. The number of likely N-dealkylation sites (tertiary alicyclic amines) is 1. The molecule has 0 saturated carbocycles. The number of hydrogen-bond donors (Lipinski definition) is 0. The summed E-state index contributed by atoms with van der Waals surface area (Å²) in [5.74, 6) is -0.455. The predicted octanol–water partition coefficient (Wildman–Crippen LogP) is 4.47. The summed E-state index contributed by atoms with van der Waals surface area (Å²) in [6.45, 7) is 0.577. The number of nitrogens with zero attached hydrogens (tertiary/aromatic N) is 2. The lowest BCUT2D eigenvalue weighted by molar-refractivity contribution is -0.156. The van der Waals surface area contributed by atoms with Gasteiger partial charge >= 0.3 is 5.97 Å². The molecule has 2 aromatic carbocycles. The van der Waals surface area contributed by atoms with E-state index in [0.29, 0.717) is 28.3 Å². The van der Waals surface area contributed by atoms with Crippen molar-refractivity contribution in [2.75, 3.05) is 34.4 Å². The maximum atomic E-state index is 15.5. The Kier molecular flexibility index (Phi) is 6.83. The lowest BCUT2D eigenvalue weighted by Crippen LogP contribution is -2.53. The molecular formula is C27H26ClFN2O6. The Labute approximate surface area is 218 Å². The molecule has 37 heavy (non-hydrogen) atoms. The van der Waals surface area contributed by atoms with Gasteiger partial charge in [0.2, 0.25) is 5.91 Å². The van der Waals surface area contributed by atoms with Gasteiger partial charge in [0, 0.05) is 35.4 Å². The molecule has 0 bridgehead atoms. The Morgan fingerprint density at radius 2 is 1.86 bits per heavy atom. The van der Waals surface area contributed by atoms with E-state index in [4.69, 9.17) is 30.5 Å². The van der Waals surface area contributed by atoms with E-state index in [9.17, 15) is 9.59 Å². The van der Waals surface area contributed by atoms with Gasteiger partial charge in [0.1, 0.15) is 18.0 Å². The van der Waals surface area contributed by atoms with E-state index >= 15 is 4.39 Å². The first-order valence-electron chi connectivity index (χ1n) is 11.7. The number of hydrogen-bond acceptors (Lipinski definition) is 6. The van der Waals surface area contributed by atoms with E-state index in [0.717, 1.165) is 0 Å². The van der Waals surface area contributed by atoms with Crippen LogP contribution in [0.5, 0.6) is 11.5 Å². The van der Waals surface area contributed by atoms with Crippen LogP contribution < -0.4 is 9.47 Å². The summed E-state index contributed by atoms with van der Waals surface area (Å²) in [4.78, 5) is 26.6. The van der Waals surface area contributed by atoms with Gasteiger partial charge in [-0.15, -0.1) is 0 Å². The van der Waals surface area contributed by atoms with Crippen LogP contribution in [0, 0.1) is 11.7 Å². The fourth-order valence-electron chi connectivity index (χ4n) is 5.00. The average Bonchev–Trinajstić information content (AvgIpc) is 3.29. The van der Waals surface area contributed by atoms with Crippen molar-refractivity contribution >= 4 is 23.5 Å². The number of halogens is 2. The number of para-hydroxylation sites is 1. The number of carbonyl (C=O) groups excluding carboxylic acids is 2. The van der Waals surface area contributed by atoms with Gasteiger partial charge in [-0.05, 0) is 30.3 Å². The average molecular weight is 529 g/mol. The van der Waals surface area contributed by atoms with Gasteiger partial charge in [0.05, 0.1) is 45.0 Å². The summed E-state index contributed by atoms with van der Waals surface area (Å²) >= 11 is 6.30. The van der Waals surface area contributed by atoms with Gasteiger partial charge in [-0.2, -0.15) is 0 Å². The Hall–Kier alpha value is -3.56. The fraction of sp³-hybridized carbons (Fsp3) is 0.333. The number of aromatic nitrogens is 1. The van der Waals surface area contributed by atoms with Crippen LogP contribution in [0.4, 0.5) is 4.39 Å². The van der Waals surface area contributed by atoms with Crippen LogP contribution >= 0.6 is 11.6 Å². The first-order valence-corrected chi connectivity index (χ1v) is 12.1. The second-order valence-corrected chi connectivity index (χ2v) is 9.38. The maximum absolute atomic E-state index is 15.5. The molecule has 5 rings (SSSR count). The molecular weight excluding hydrogens is 503 g/mol. The Morgan fingerprint density at radius 1 is 1.08 bits per heavy atom. The van der Waals surface area contributed by atoms with Gasteiger partial charge in [0.15, 0.2) is 11.5 Å². The zero-order valence-electron chi connectivity index (χ0n) is 20.6. The number of benzene rings is 2. The van der Waals surface area contributed by atoms with Crippen molar-refractivity contribution in [2.45, 2.75) is 18.6 Å². The molecule has 1 saturated heterocycles. The predicted molar refractivity (Wildman–Crippen MR) is 133 cm³/mol. The highest BCUT2D eigenvalue weighted by atomic mass is 35.5. The van der Waals surface area contributed by atoms with Crippen molar-refractivity contribution in [3.63, 3.8) is 0 Å². The summed E-state index contributed by atoms with van der Waals surface area (Å²) < 4.78 is 39.7. The first kappa shape index (κ1) is 25.1. The molecule has 0 radical (unpaired) electrons. The number of ether oxygens (including phenoxy) is 4. The Balaban J connectivity index is 1.57. The lowest BCUT2D eigenvalue weighted by Gasteiger charge is -2.38. The SMILES string of the molecule is COC(=O)C1CN(C(=O)C[C@H]2O[C@H](c3cccc(OC)c3OC)c3cc(Cl)cc(F)c3-n3cccc32)C1. The zero-order valence-corrected chi connectivity index (χ0v) is 21.3. The first-order chi connectivity index (χ1) is 17.9. The highest BCUT2D eigenvalue weighted by Crippen LogP contribution is 2.47. The highest BCUT2D eigenvalue weighted by Gasteiger charge is 2.40. The summed E-state index contributed by atoms with van der Waals surface area (Å²) in [5.41, 5.74) is 1.98. The summed E-state index contributed by atoms with van der Waals surface area (Å²) in [6.07, 6.45) is 0.161. The number of amides is 1. The van der Waals surface area contributed by atoms with E-state index in [2.05, 4.69) is 0 Å². The molecule has 1 aromatic heterocycles. The molecule has 194 valence electrons. The smallest absolute Gasteiger partial charge is 0.312 e. The highest BCUT2D eigenvalue weighted by molar-refractivity contribution is 6.30. The van der Waals surface area contributed by atoms with Gasteiger partial charge in [-0.3, -0.25) is 9.59 Å². The zero-order chi connectivity index (χ0) is 26.3. The number of methoxy groups -OCH3 is 3. The van der Waals surface area contributed by atoms with E-state index < -0.39 is 18.0 Å². The van der Waals surface area contributed by atoms with Gasteiger partial charge < -0.3 is 28.4 Å². The van der Waals surface area contributed by atoms with Crippen LogP contribution in [0.1, 0.15) is 35.4 Å². The standard InChI is InChI=1S/C27H26ClFN2O6/c1-34-21-8-4-6-17(26(21)35-2)25-18-10-16(28)11-19(29)24(18)31-9-5-7-20(31)22(37-25)12-23(32)30-13-15(14-30)27(33)36-3/h4-11,15,22,25H,12-14H2,1-3H3/t22-,25-/m1/s1. The van der Waals surface area contributed by atoms with Crippen LogP contribution in [0.2, 0.25) is 5.02 Å². The minimum absolute atomic E-state index is 0.00989. The molecule has 10 heteroatoms. The van der Waals surface area contributed by atoms with Crippen molar-refractivity contribution in [1.82, 2.24) is 9.47 Å². The second-order valence-electron chi connectivity index (χ2n) is 8.94. The van der Waals surface area contributed by atoms with Crippen molar-refractivity contribution in [2.24, 2.45) is 5.92 Å². The number of carbonyl (C=O) groups is 2. The quantitative estimate of drug-likeness (QED) is 0.439. The van der Waals surface area contributed by atoms with Crippen LogP contribution in [-0.4, -0.2) is 55.8 Å². The molecule has 1 fully saturated rings. The van der Waals surface area contributed by atoms with Crippen LogP contribution in [0.15, 0.2) is 48.7 Å². The molecule has 0 spiro atoms. The molecule has 8 nitrogen and oxygen atoms in total. The van der Waals surface area contributed by atoms with E-state index in [-0.39, 0.29) is 48.0 Å². The van der Waals surface area contributed by atoms with Crippen molar-refractivity contribution in [3.05, 3.63) is 76.3 Å². The molecule has 3 heterocycles. The van der Waals surface area contributed by atoms with Crippen LogP contribution in [-0.2, 0) is 19.1 Å². The van der Waals surface area contributed by atoms with E-state index in [1.165, 1.54) is 27.4 Å². The van der Waals surface area contributed by atoms with Crippen molar-refractivity contribution in [1.29, 1.82) is 0 Å².